The van der Waals surface area contributed by atoms with E-state index in [0.717, 1.165) is 11.3 Å². The Morgan fingerprint density at radius 1 is 1.30 bits per heavy atom. The van der Waals surface area contributed by atoms with Crippen LogP contribution in [0.3, 0.4) is 0 Å². The molecule has 0 aliphatic heterocycles. The molecule has 0 radical (unpaired) electrons. The summed E-state index contributed by atoms with van der Waals surface area (Å²) in [5.74, 6) is -0.944. The number of benzene rings is 2. The molecule has 0 spiro atoms. The van der Waals surface area contributed by atoms with Crippen molar-refractivity contribution in [3.63, 3.8) is 0 Å². The number of halogens is 2. The normalized spacial score (nSPS) is 11.9. The van der Waals surface area contributed by atoms with Crippen molar-refractivity contribution < 1.29 is 9.90 Å². The van der Waals surface area contributed by atoms with Crippen LogP contribution in [-0.2, 0) is 4.79 Å². The maximum atomic E-state index is 11.5. The van der Waals surface area contributed by atoms with E-state index in [1.807, 2.05) is 31.2 Å². The van der Waals surface area contributed by atoms with Crippen molar-refractivity contribution in [1.29, 1.82) is 0 Å². The van der Waals surface area contributed by atoms with E-state index in [4.69, 9.17) is 11.6 Å². The molecule has 0 heterocycles. The Labute approximate surface area is 130 Å². The van der Waals surface area contributed by atoms with Crippen molar-refractivity contribution in [3.8, 4) is 0 Å². The van der Waals surface area contributed by atoms with Gasteiger partial charge in [-0.2, -0.15) is 0 Å². The lowest BCUT2D eigenvalue weighted by atomic mass is 10.1. The molecule has 0 bridgehead atoms. The number of carbonyl (C=O) groups is 1. The molecule has 2 aromatic carbocycles. The van der Waals surface area contributed by atoms with Crippen molar-refractivity contribution in [2.24, 2.45) is 0 Å². The molecule has 3 nitrogen and oxygen atoms in total. The molecule has 2 rings (SSSR count). The fourth-order valence-corrected chi connectivity index (χ4v) is 2.40. The van der Waals surface area contributed by atoms with E-state index in [-0.39, 0.29) is 0 Å². The number of aryl methyl sites for hydroxylation is 1. The molecule has 1 atom stereocenters. The maximum Gasteiger partial charge on any atom is 0.330 e. The van der Waals surface area contributed by atoms with E-state index >= 15 is 0 Å². The van der Waals surface area contributed by atoms with Crippen LogP contribution in [0.5, 0.6) is 0 Å². The van der Waals surface area contributed by atoms with E-state index in [9.17, 15) is 9.90 Å². The molecule has 1 unspecified atom stereocenters. The van der Waals surface area contributed by atoms with Gasteiger partial charge >= 0.3 is 5.97 Å². The quantitative estimate of drug-likeness (QED) is 0.840. The molecule has 2 aromatic rings. The van der Waals surface area contributed by atoms with Crippen molar-refractivity contribution in [2.45, 2.75) is 13.0 Å². The van der Waals surface area contributed by atoms with Crippen LogP contribution >= 0.6 is 27.5 Å². The lowest BCUT2D eigenvalue weighted by Crippen LogP contribution is -2.20. The van der Waals surface area contributed by atoms with Gasteiger partial charge in [-0.25, -0.2) is 4.79 Å². The lowest BCUT2D eigenvalue weighted by molar-refractivity contribution is -0.138. The summed E-state index contributed by atoms with van der Waals surface area (Å²) in [6.45, 7) is 1.96. The molecular formula is C15H13BrClNO2. The first-order chi connectivity index (χ1) is 9.47. The highest BCUT2D eigenvalue weighted by molar-refractivity contribution is 9.10. The van der Waals surface area contributed by atoms with Gasteiger partial charge < -0.3 is 10.4 Å². The van der Waals surface area contributed by atoms with Gasteiger partial charge in [-0.15, -0.1) is 0 Å². The predicted molar refractivity (Wildman–Crippen MR) is 84.3 cm³/mol. The molecule has 0 saturated heterocycles. The van der Waals surface area contributed by atoms with Crippen LogP contribution in [0, 0.1) is 6.92 Å². The van der Waals surface area contributed by atoms with E-state index in [0.29, 0.717) is 15.1 Å². The van der Waals surface area contributed by atoms with Gasteiger partial charge in [0.15, 0.2) is 6.04 Å². The van der Waals surface area contributed by atoms with Crippen LogP contribution in [0.15, 0.2) is 46.9 Å². The fourth-order valence-electron chi connectivity index (χ4n) is 1.88. The fraction of sp³-hybridized carbons (Fsp3) is 0.133. The first-order valence-electron chi connectivity index (χ1n) is 5.98. The van der Waals surface area contributed by atoms with E-state index in [1.165, 1.54) is 0 Å². The van der Waals surface area contributed by atoms with Crippen molar-refractivity contribution in [3.05, 3.63) is 63.1 Å². The third kappa shape index (κ3) is 3.52. The number of carboxylic acid groups (broad SMARTS) is 1. The third-order valence-corrected chi connectivity index (χ3v) is 4.07. The molecule has 104 valence electrons. The SMILES string of the molecule is Cc1cccc(NC(C(=O)O)c2ccc(Cl)c(Br)c2)c1. The molecule has 20 heavy (non-hydrogen) atoms. The molecule has 0 aromatic heterocycles. The van der Waals surface area contributed by atoms with Crippen LogP contribution in [0.2, 0.25) is 5.02 Å². The zero-order valence-electron chi connectivity index (χ0n) is 10.7. The van der Waals surface area contributed by atoms with Gasteiger partial charge in [-0.1, -0.05) is 29.8 Å². The Hall–Kier alpha value is -1.52. The average Bonchev–Trinajstić information content (AvgIpc) is 2.39. The van der Waals surface area contributed by atoms with Gasteiger partial charge in [0.2, 0.25) is 0 Å². The summed E-state index contributed by atoms with van der Waals surface area (Å²) in [5.41, 5.74) is 2.47. The van der Waals surface area contributed by atoms with Gasteiger partial charge in [0.1, 0.15) is 0 Å². The summed E-state index contributed by atoms with van der Waals surface area (Å²) in [5, 5.41) is 13.0. The third-order valence-electron chi connectivity index (χ3n) is 2.85. The summed E-state index contributed by atoms with van der Waals surface area (Å²) in [6, 6.07) is 11.8. The highest BCUT2D eigenvalue weighted by Gasteiger charge is 2.20. The van der Waals surface area contributed by atoms with Crippen molar-refractivity contribution in [2.75, 3.05) is 5.32 Å². The van der Waals surface area contributed by atoms with Gasteiger partial charge in [0.25, 0.3) is 0 Å². The number of rotatable bonds is 4. The van der Waals surface area contributed by atoms with Crippen LogP contribution < -0.4 is 5.32 Å². The summed E-state index contributed by atoms with van der Waals surface area (Å²) in [4.78, 5) is 11.5. The lowest BCUT2D eigenvalue weighted by Gasteiger charge is -2.17. The number of anilines is 1. The van der Waals surface area contributed by atoms with Crippen LogP contribution in [0.4, 0.5) is 5.69 Å². The molecule has 0 aliphatic carbocycles. The second-order valence-corrected chi connectivity index (χ2v) is 5.72. The second kappa shape index (κ2) is 6.29. The molecule has 2 N–H and O–H groups in total. The van der Waals surface area contributed by atoms with E-state index in [1.54, 1.807) is 18.2 Å². The largest absolute Gasteiger partial charge is 0.479 e. The summed E-state index contributed by atoms with van der Waals surface area (Å²) >= 11 is 9.24. The van der Waals surface area contributed by atoms with Gasteiger partial charge in [0, 0.05) is 10.2 Å². The van der Waals surface area contributed by atoms with Gasteiger partial charge in [0.05, 0.1) is 5.02 Å². The minimum Gasteiger partial charge on any atom is -0.479 e. The van der Waals surface area contributed by atoms with Gasteiger partial charge in [-0.05, 0) is 58.2 Å². The summed E-state index contributed by atoms with van der Waals surface area (Å²) in [6.07, 6.45) is 0. The Morgan fingerprint density at radius 3 is 2.65 bits per heavy atom. The number of hydrogen-bond donors (Lipinski definition) is 2. The highest BCUT2D eigenvalue weighted by atomic mass is 79.9. The first-order valence-corrected chi connectivity index (χ1v) is 7.15. The van der Waals surface area contributed by atoms with Crippen LogP contribution in [0.1, 0.15) is 17.2 Å². The molecule has 0 aliphatic rings. The van der Waals surface area contributed by atoms with E-state index < -0.39 is 12.0 Å². The number of aliphatic carboxylic acids is 1. The number of hydrogen-bond acceptors (Lipinski definition) is 2. The second-order valence-electron chi connectivity index (χ2n) is 4.46. The summed E-state index contributed by atoms with van der Waals surface area (Å²) < 4.78 is 0.675. The molecule has 5 heteroatoms. The molecule has 0 amide bonds. The average molecular weight is 355 g/mol. The first kappa shape index (κ1) is 14.9. The molecule has 0 fully saturated rings. The smallest absolute Gasteiger partial charge is 0.330 e. The number of carboxylic acids is 1. The standard InChI is InChI=1S/C15H13BrClNO2/c1-9-3-2-4-11(7-9)18-14(15(19)20)10-5-6-13(17)12(16)8-10/h2-8,14,18H,1H3,(H,19,20). The minimum atomic E-state index is -0.944. The van der Waals surface area contributed by atoms with Crippen LogP contribution in [-0.4, -0.2) is 11.1 Å². The van der Waals surface area contributed by atoms with Crippen LogP contribution in [0.25, 0.3) is 0 Å². The Balaban J connectivity index is 2.32. The predicted octanol–water partition coefficient (Wildman–Crippen LogP) is 4.65. The highest BCUT2D eigenvalue weighted by Crippen LogP contribution is 2.28. The Kier molecular flexibility index (Phi) is 4.68. The van der Waals surface area contributed by atoms with E-state index in [2.05, 4.69) is 21.2 Å². The van der Waals surface area contributed by atoms with Gasteiger partial charge in [-0.3, -0.25) is 0 Å². The monoisotopic (exact) mass is 353 g/mol. The topological polar surface area (TPSA) is 49.3 Å². The Bertz CT molecular complexity index is 646. The zero-order chi connectivity index (χ0) is 14.7. The zero-order valence-corrected chi connectivity index (χ0v) is 13.1. The van der Waals surface area contributed by atoms with Crippen molar-refractivity contribution >= 4 is 39.2 Å². The number of nitrogens with one attached hydrogen (secondary N) is 1. The Morgan fingerprint density at radius 2 is 2.05 bits per heavy atom. The minimum absolute atomic E-state index is 0.549. The van der Waals surface area contributed by atoms with Crippen molar-refractivity contribution in [1.82, 2.24) is 0 Å². The molecule has 0 saturated carbocycles. The maximum absolute atomic E-state index is 11.5. The summed E-state index contributed by atoms with van der Waals surface area (Å²) in [7, 11) is 0. The molecular weight excluding hydrogens is 342 g/mol.